The number of ether oxygens (including phenoxy) is 1. The van der Waals surface area contributed by atoms with E-state index >= 15 is 0 Å². The maximum Gasteiger partial charge on any atom is 0.416 e. The number of rotatable bonds is 7. The monoisotopic (exact) mass is 549 g/mol. The van der Waals surface area contributed by atoms with Crippen molar-refractivity contribution in [2.45, 2.75) is 49.4 Å². The van der Waals surface area contributed by atoms with Crippen molar-refractivity contribution >= 4 is 10.0 Å². The normalized spacial score (nSPS) is 23.9. The highest BCUT2D eigenvalue weighted by molar-refractivity contribution is 7.88. The minimum atomic E-state index is -4.98. The van der Waals surface area contributed by atoms with Crippen LogP contribution in [0.25, 0.3) is 4.85 Å². The van der Waals surface area contributed by atoms with Crippen molar-refractivity contribution in [2.24, 2.45) is 0 Å². The van der Waals surface area contributed by atoms with Crippen LogP contribution in [-0.4, -0.2) is 33.5 Å². The maximum atomic E-state index is 13.3. The van der Waals surface area contributed by atoms with Crippen LogP contribution >= 0.6 is 0 Å². The molecule has 1 saturated heterocycles. The minimum absolute atomic E-state index is 0.0586. The Morgan fingerprint density at radius 2 is 1.62 bits per heavy atom. The highest BCUT2D eigenvalue weighted by Crippen LogP contribution is 2.40. The van der Waals surface area contributed by atoms with Crippen molar-refractivity contribution in [1.29, 1.82) is 0 Å². The topological polar surface area (TPSA) is 71.8 Å². The van der Waals surface area contributed by atoms with Crippen molar-refractivity contribution in [3.8, 4) is 0 Å². The molecule has 2 N–H and O–H groups in total. The Labute approximate surface area is 210 Å². The predicted octanol–water partition coefficient (Wildman–Crippen LogP) is 5.25. The molecule has 1 aliphatic rings. The highest BCUT2D eigenvalue weighted by Gasteiger charge is 2.49. The Morgan fingerprint density at radius 1 is 1.05 bits per heavy atom. The molecule has 0 bridgehead atoms. The number of benzene rings is 2. The summed E-state index contributed by atoms with van der Waals surface area (Å²) in [5.41, 5.74) is -4.88. The first-order valence-corrected chi connectivity index (χ1v) is 13.0. The Morgan fingerprint density at radius 3 is 2.05 bits per heavy atom. The fourth-order valence-corrected chi connectivity index (χ4v) is 5.16. The standard InChI is InChI=1S/C24H25F6N3O3S/c1-16(17-11-19(23(25,26)27)13-20(12-17)24(28,29)30)36-15-21(18-7-5-4-6-8-18)9-10-22(31-2,14-32-21)33-37(3,34)35/h4-8,11-13,16,32-33H,9-10,14-15H2,1,3H3/t16-,21-,22?/m1/s1. The molecule has 0 saturated carbocycles. The molecule has 1 fully saturated rings. The maximum absolute atomic E-state index is 13.3. The first-order chi connectivity index (χ1) is 17.0. The molecule has 0 spiro atoms. The second-order valence-corrected chi connectivity index (χ2v) is 10.9. The van der Waals surface area contributed by atoms with E-state index in [0.717, 1.165) is 6.26 Å². The average Bonchev–Trinajstić information content (AvgIpc) is 2.82. The lowest BCUT2D eigenvalue weighted by molar-refractivity contribution is -0.143. The Bertz CT molecular complexity index is 1220. The molecule has 37 heavy (non-hydrogen) atoms. The zero-order valence-corrected chi connectivity index (χ0v) is 20.7. The molecule has 2 aromatic carbocycles. The van der Waals surface area contributed by atoms with Gasteiger partial charge in [0, 0.05) is 6.42 Å². The second-order valence-electron chi connectivity index (χ2n) is 9.11. The molecule has 1 unspecified atom stereocenters. The fourth-order valence-electron chi connectivity index (χ4n) is 4.25. The molecule has 0 radical (unpaired) electrons. The first-order valence-electron chi connectivity index (χ1n) is 11.1. The zero-order valence-electron chi connectivity index (χ0n) is 19.9. The number of nitrogens with zero attached hydrogens (tertiary/aromatic N) is 1. The SMILES string of the molecule is [C-]#[N+]C1(NS(C)(=O)=O)CC[C@@](CO[C@H](C)c2cc(C(F)(F)F)cc(C(F)(F)F)c2)(c2ccccc2)NC1. The molecule has 202 valence electrons. The number of piperidine rings is 1. The minimum Gasteiger partial charge on any atom is -0.372 e. The summed E-state index contributed by atoms with van der Waals surface area (Å²) in [6.45, 7) is 8.62. The van der Waals surface area contributed by atoms with Crippen LogP contribution in [0.1, 0.15) is 48.1 Å². The van der Waals surface area contributed by atoms with Crippen LogP contribution < -0.4 is 10.0 Å². The summed E-state index contributed by atoms with van der Waals surface area (Å²) < 4.78 is 112. The van der Waals surface area contributed by atoms with Gasteiger partial charge in [-0.15, -0.1) is 4.72 Å². The van der Waals surface area contributed by atoms with Gasteiger partial charge in [-0.05, 0) is 42.7 Å². The number of hydrogen-bond acceptors (Lipinski definition) is 4. The molecule has 13 heteroatoms. The van der Waals surface area contributed by atoms with E-state index in [-0.39, 0.29) is 37.6 Å². The molecule has 3 rings (SSSR count). The van der Waals surface area contributed by atoms with Crippen molar-refractivity contribution in [3.63, 3.8) is 0 Å². The zero-order chi connectivity index (χ0) is 27.7. The summed E-state index contributed by atoms with van der Waals surface area (Å²) in [5, 5.41) is 3.17. The van der Waals surface area contributed by atoms with E-state index < -0.39 is 50.8 Å². The molecule has 0 aromatic heterocycles. The summed E-state index contributed by atoms with van der Waals surface area (Å²) >= 11 is 0. The van der Waals surface area contributed by atoms with Gasteiger partial charge in [-0.3, -0.25) is 10.2 Å². The van der Waals surface area contributed by atoms with Crippen LogP contribution in [-0.2, 0) is 32.7 Å². The van der Waals surface area contributed by atoms with Crippen LogP contribution in [0, 0.1) is 6.57 Å². The third-order valence-electron chi connectivity index (χ3n) is 6.26. The summed E-state index contributed by atoms with van der Waals surface area (Å²) in [6, 6.07) is 10.1. The fraction of sp³-hybridized carbons (Fsp3) is 0.458. The van der Waals surface area contributed by atoms with Gasteiger partial charge in [0.05, 0.1) is 42.2 Å². The lowest BCUT2D eigenvalue weighted by Gasteiger charge is -2.42. The molecule has 1 aliphatic heterocycles. The molecule has 0 aliphatic carbocycles. The van der Waals surface area contributed by atoms with Gasteiger partial charge in [-0.2, -0.15) is 26.3 Å². The number of halogens is 6. The number of hydrogen-bond donors (Lipinski definition) is 2. The van der Waals surface area contributed by atoms with Gasteiger partial charge in [0.15, 0.2) is 0 Å². The molecule has 2 aromatic rings. The summed E-state index contributed by atoms with van der Waals surface area (Å²) in [5.74, 6) is 0. The summed E-state index contributed by atoms with van der Waals surface area (Å²) in [7, 11) is -3.71. The molecular weight excluding hydrogens is 524 g/mol. The van der Waals surface area contributed by atoms with Gasteiger partial charge < -0.3 is 4.74 Å². The van der Waals surface area contributed by atoms with Gasteiger partial charge in [0.1, 0.15) is 0 Å². The first kappa shape index (κ1) is 28.9. The van der Waals surface area contributed by atoms with E-state index in [4.69, 9.17) is 11.3 Å². The van der Waals surface area contributed by atoms with E-state index in [9.17, 15) is 34.8 Å². The molecule has 6 nitrogen and oxygen atoms in total. The average molecular weight is 550 g/mol. The Hall–Kier alpha value is -2.66. The van der Waals surface area contributed by atoms with Gasteiger partial charge in [0.2, 0.25) is 10.0 Å². The van der Waals surface area contributed by atoms with Crippen molar-refractivity contribution in [1.82, 2.24) is 10.0 Å². The van der Waals surface area contributed by atoms with Gasteiger partial charge in [0.25, 0.3) is 0 Å². The number of nitrogens with one attached hydrogen (secondary N) is 2. The quantitative estimate of drug-likeness (QED) is 0.366. The van der Waals surface area contributed by atoms with Crippen LogP contribution in [0.2, 0.25) is 0 Å². The van der Waals surface area contributed by atoms with Crippen molar-refractivity contribution < 1.29 is 39.5 Å². The molecule has 0 amide bonds. The lowest BCUT2D eigenvalue weighted by Crippen LogP contribution is -2.62. The van der Waals surface area contributed by atoms with Crippen LogP contribution in [0.4, 0.5) is 26.3 Å². The van der Waals surface area contributed by atoms with E-state index in [2.05, 4.69) is 14.9 Å². The van der Waals surface area contributed by atoms with E-state index in [1.54, 1.807) is 30.3 Å². The number of sulfonamides is 1. The highest BCUT2D eigenvalue weighted by atomic mass is 32.2. The van der Waals surface area contributed by atoms with Crippen molar-refractivity contribution in [3.05, 3.63) is 82.2 Å². The molecule has 1 heterocycles. The Balaban J connectivity index is 1.90. The lowest BCUT2D eigenvalue weighted by atomic mass is 9.80. The van der Waals surface area contributed by atoms with Crippen LogP contribution in [0.15, 0.2) is 48.5 Å². The van der Waals surface area contributed by atoms with Gasteiger partial charge >= 0.3 is 18.0 Å². The largest absolute Gasteiger partial charge is 0.416 e. The Kier molecular flexibility index (Phi) is 8.00. The van der Waals surface area contributed by atoms with E-state index in [1.807, 2.05) is 0 Å². The third-order valence-corrected chi connectivity index (χ3v) is 7.01. The smallest absolute Gasteiger partial charge is 0.372 e. The van der Waals surface area contributed by atoms with Crippen LogP contribution in [0.5, 0.6) is 0 Å². The summed E-state index contributed by atoms with van der Waals surface area (Å²) in [4.78, 5) is 3.48. The van der Waals surface area contributed by atoms with E-state index in [1.165, 1.54) is 6.92 Å². The predicted molar refractivity (Wildman–Crippen MR) is 123 cm³/mol. The van der Waals surface area contributed by atoms with Gasteiger partial charge in [-0.25, -0.2) is 15.0 Å². The number of alkyl halides is 6. The van der Waals surface area contributed by atoms with Crippen molar-refractivity contribution in [2.75, 3.05) is 19.4 Å². The second kappa shape index (κ2) is 10.2. The van der Waals surface area contributed by atoms with E-state index in [0.29, 0.717) is 17.7 Å². The summed E-state index contributed by atoms with van der Waals surface area (Å²) in [6.07, 6.45) is -9.89. The van der Waals surface area contributed by atoms with Gasteiger partial charge in [-0.1, -0.05) is 30.3 Å². The van der Waals surface area contributed by atoms with Crippen LogP contribution in [0.3, 0.4) is 0 Å². The third kappa shape index (κ3) is 7.01. The molecular formula is C24H25F6N3O3S. The molecule has 3 atom stereocenters.